The van der Waals surface area contributed by atoms with Crippen LogP contribution in [0, 0.1) is 6.07 Å². The van der Waals surface area contributed by atoms with E-state index in [0.717, 1.165) is 29.7 Å². The second kappa shape index (κ2) is 7.61. The van der Waals surface area contributed by atoms with E-state index >= 15 is 0 Å². The Morgan fingerprint density at radius 1 is 1.10 bits per heavy atom. The average Bonchev–Trinajstić information content (AvgIpc) is 2.50. The molecule has 0 saturated heterocycles. The van der Waals surface area contributed by atoms with Crippen molar-refractivity contribution in [1.29, 1.82) is 0 Å². The number of unbranched alkanes of at least 4 members (excludes halogenated alkanes) is 1. The van der Waals surface area contributed by atoms with Gasteiger partial charge in [-0.25, -0.2) is 0 Å². The summed E-state index contributed by atoms with van der Waals surface area (Å²) in [5, 5.41) is 9.23. The summed E-state index contributed by atoms with van der Waals surface area (Å²) in [7, 11) is 0. The summed E-state index contributed by atoms with van der Waals surface area (Å²) in [5.41, 5.74) is 2.84. The molecule has 0 N–H and O–H groups in total. The normalized spacial score (nSPS) is 12.0. The molecule has 1 radical (unpaired) electrons. The molecule has 0 unspecified atom stereocenters. The zero-order valence-corrected chi connectivity index (χ0v) is 12.1. The smallest absolute Gasteiger partial charge is 0.100 e. The third-order valence-corrected chi connectivity index (χ3v) is 3.02. The zero-order chi connectivity index (χ0) is 14.2. The van der Waals surface area contributed by atoms with E-state index in [1.165, 1.54) is 0 Å². The van der Waals surface area contributed by atoms with Crippen molar-refractivity contribution in [3.05, 3.63) is 70.7 Å². The van der Waals surface area contributed by atoms with Gasteiger partial charge in [0.25, 0.3) is 0 Å². The van der Waals surface area contributed by atoms with Crippen molar-refractivity contribution in [3.8, 4) is 0 Å². The molecular weight excluding hydrogens is 268 g/mol. The Balaban J connectivity index is 2.36. The molecule has 0 atom stereocenters. The van der Waals surface area contributed by atoms with Gasteiger partial charge < -0.3 is 0 Å². The summed E-state index contributed by atoms with van der Waals surface area (Å²) < 4.78 is 0. The van der Waals surface area contributed by atoms with Crippen LogP contribution in [0.1, 0.15) is 30.9 Å². The SMILES string of the molecule is CCCC=NN=C(c1cc[c]cc1)c1ccc(Cl)cc1. The van der Waals surface area contributed by atoms with E-state index in [2.05, 4.69) is 23.2 Å². The first-order valence-electron chi connectivity index (χ1n) is 6.63. The van der Waals surface area contributed by atoms with Gasteiger partial charge in [-0.1, -0.05) is 61.3 Å². The fourth-order valence-electron chi connectivity index (χ4n) is 1.72. The number of benzene rings is 2. The van der Waals surface area contributed by atoms with Gasteiger partial charge in [-0.3, -0.25) is 0 Å². The van der Waals surface area contributed by atoms with Crippen molar-refractivity contribution < 1.29 is 0 Å². The minimum Gasteiger partial charge on any atom is -0.163 e. The lowest BCUT2D eigenvalue weighted by Gasteiger charge is -2.05. The van der Waals surface area contributed by atoms with E-state index in [0.29, 0.717) is 5.02 Å². The largest absolute Gasteiger partial charge is 0.163 e. The van der Waals surface area contributed by atoms with Crippen molar-refractivity contribution in [3.63, 3.8) is 0 Å². The van der Waals surface area contributed by atoms with Gasteiger partial charge in [-0.05, 0) is 24.6 Å². The van der Waals surface area contributed by atoms with Crippen molar-refractivity contribution in [2.24, 2.45) is 10.2 Å². The van der Waals surface area contributed by atoms with Crippen LogP contribution in [0.3, 0.4) is 0 Å². The third-order valence-electron chi connectivity index (χ3n) is 2.77. The predicted molar refractivity (Wildman–Crippen MR) is 85.8 cm³/mol. The summed E-state index contributed by atoms with van der Waals surface area (Å²) in [6.07, 6.45) is 3.83. The summed E-state index contributed by atoms with van der Waals surface area (Å²) in [4.78, 5) is 0. The first-order valence-corrected chi connectivity index (χ1v) is 7.01. The molecule has 0 saturated carbocycles. The highest BCUT2D eigenvalue weighted by molar-refractivity contribution is 6.30. The lowest BCUT2D eigenvalue weighted by Crippen LogP contribution is -2.02. The van der Waals surface area contributed by atoms with Crippen molar-refractivity contribution >= 4 is 23.5 Å². The summed E-state index contributed by atoms with van der Waals surface area (Å²) in [5.74, 6) is 0. The molecule has 0 aliphatic heterocycles. The fourth-order valence-corrected chi connectivity index (χ4v) is 1.85. The van der Waals surface area contributed by atoms with Crippen LogP contribution < -0.4 is 0 Å². The maximum absolute atomic E-state index is 5.93. The number of halogens is 1. The Hall–Kier alpha value is -1.93. The maximum Gasteiger partial charge on any atom is 0.100 e. The van der Waals surface area contributed by atoms with E-state index in [-0.39, 0.29) is 0 Å². The topological polar surface area (TPSA) is 24.7 Å². The number of hydrogen-bond acceptors (Lipinski definition) is 2. The molecule has 0 aliphatic carbocycles. The maximum atomic E-state index is 5.93. The molecule has 2 aromatic rings. The van der Waals surface area contributed by atoms with Crippen LogP contribution in [0.15, 0.2) is 58.7 Å². The molecule has 3 heteroatoms. The second-order valence-electron chi connectivity index (χ2n) is 4.33. The van der Waals surface area contributed by atoms with Crippen molar-refractivity contribution in [2.75, 3.05) is 0 Å². The Kier molecular flexibility index (Phi) is 5.51. The van der Waals surface area contributed by atoms with Crippen LogP contribution in [0.25, 0.3) is 0 Å². The Bertz CT molecular complexity index is 586. The van der Waals surface area contributed by atoms with Crippen LogP contribution >= 0.6 is 11.6 Å². The predicted octanol–water partition coefficient (Wildman–Crippen LogP) is 4.76. The minimum absolute atomic E-state index is 0.712. The van der Waals surface area contributed by atoms with Gasteiger partial charge in [0.15, 0.2) is 0 Å². The van der Waals surface area contributed by atoms with Gasteiger partial charge in [0, 0.05) is 22.4 Å². The molecular formula is C17H16ClN2. The van der Waals surface area contributed by atoms with E-state index in [4.69, 9.17) is 11.6 Å². The van der Waals surface area contributed by atoms with Crippen LogP contribution in [-0.2, 0) is 0 Å². The van der Waals surface area contributed by atoms with Gasteiger partial charge in [-0.15, -0.1) is 0 Å². The highest BCUT2D eigenvalue weighted by Gasteiger charge is 2.06. The molecule has 101 valence electrons. The Morgan fingerprint density at radius 2 is 1.75 bits per heavy atom. The number of rotatable bonds is 5. The van der Waals surface area contributed by atoms with Gasteiger partial charge in [-0.2, -0.15) is 10.2 Å². The number of hydrogen-bond donors (Lipinski definition) is 0. The monoisotopic (exact) mass is 283 g/mol. The fraction of sp³-hybridized carbons (Fsp3) is 0.176. The molecule has 0 bridgehead atoms. The van der Waals surface area contributed by atoms with Crippen LogP contribution in [0.5, 0.6) is 0 Å². The van der Waals surface area contributed by atoms with Gasteiger partial charge in [0.2, 0.25) is 0 Å². The lowest BCUT2D eigenvalue weighted by molar-refractivity contribution is 1.00. The van der Waals surface area contributed by atoms with Crippen LogP contribution in [-0.4, -0.2) is 11.9 Å². The van der Waals surface area contributed by atoms with Gasteiger partial charge >= 0.3 is 0 Å². The van der Waals surface area contributed by atoms with Crippen molar-refractivity contribution in [1.82, 2.24) is 0 Å². The molecule has 0 spiro atoms. The Morgan fingerprint density at radius 3 is 2.40 bits per heavy atom. The quantitative estimate of drug-likeness (QED) is 0.558. The molecule has 0 amide bonds. The third kappa shape index (κ3) is 4.04. The standard InChI is InChI=1S/C17H16ClN2/c1-2-3-13-19-20-17(14-7-5-4-6-8-14)15-9-11-16(18)12-10-15/h5-13H,2-3H2,1H3. The molecule has 20 heavy (non-hydrogen) atoms. The highest BCUT2D eigenvalue weighted by Crippen LogP contribution is 2.15. The second-order valence-corrected chi connectivity index (χ2v) is 4.77. The van der Waals surface area contributed by atoms with E-state index in [9.17, 15) is 0 Å². The zero-order valence-electron chi connectivity index (χ0n) is 11.4. The van der Waals surface area contributed by atoms with Crippen molar-refractivity contribution in [2.45, 2.75) is 19.8 Å². The van der Waals surface area contributed by atoms with E-state index in [1.807, 2.05) is 54.7 Å². The number of nitrogens with zero attached hydrogens (tertiary/aromatic N) is 2. The van der Waals surface area contributed by atoms with E-state index < -0.39 is 0 Å². The molecule has 0 fully saturated rings. The first kappa shape index (κ1) is 14.5. The Labute approximate surface area is 124 Å². The van der Waals surface area contributed by atoms with Crippen LogP contribution in [0.2, 0.25) is 5.02 Å². The average molecular weight is 284 g/mol. The summed E-state index contributed by atoms with van der Waals surface area (Å²) >= 11 is 5.93. The van der Waals surface area contributed by atoms with Crippen LogP contribution in [0.4, 0.5) is 0 Å². The van der Waals surface area contributed by atoms with Gasteiger partial charge in [0.1, 0.15) is 5.71 Å². The molecule has 2 rings (SSSR count). The molecule has 0 aromatic heterocycles. The lowest BCUT2D eigenvalue weighted by atomic mass is 10.0. The summed E-state index contributed by atoms with van der Waals surface area (Å²) in [6, 6.07) is 18.3. The first-order chi connectivity index (χ1) is 9.81. The highest BCUT2D eigenvalue weighted by atomic mass is 35.5. The summed E-state index contributed by atoms with van der Waals surface area (Å²) in [6.45, 7) is 2.11. The molecule has 0 aliphatic rings. The minimum atomic E-state index is 0.712. The van der Waals surface area contributed by atoms with Gasteiger partial charge in [0.05, 0.1) is 0 Å². The molecule has 0 heterocycles. The van der Waals surface area contributed by atoms with E-state index in [1.54, 1.807) is 0 Å². The molecule has 2 aromatic carbocycles. The molecule has 2 nitrogen and oxygen atoms in total.